The van der Waals surface area contributed by atoms with Gasteiger partial charge in [0.25, 0.3) is 0 Å². The van der Waals surface area contributed by atoms with Crippen LogP contribution in [0.15, 0.2) is 47.4 Å². The van der Waals surface area contributed by atoms with E-state index in [1.165, 1.54) is 24.8 Å². The predicted octanol–water partition coefficient (Wildman–Crippen LogP) is 3.81. The van der Waals surface area contributed by atoms with Crippen LogP contribution < -0.4 is 10.6 Å². The van der Waals surface area contributed by atoms with Crippen LogP contribution in [0.25, 0.3) is 0 Å². The Morgan fingerprint density at radius 2 is 1.73 bits per heavy atom. The number of halogens is 1. The first-order valence-corrected chi connectivity index (χ1v) is 8.43. The molecule has 2 aromatic carbocycles. The Morgan fingerprint density at radius 3 is 2.31 bits per heavy atom. The lowest BCUT2D eigenvalue weighted by Gasteiger charge is -2.12. The molecule has 0 aliphatic heterocycles. The van der Waals surface area contributed by atoms with Gasteiger partial charge < -0.3 is 10.6 Å². The zero-order valence-corrected chi connectivity index (χ0v) is 14.8. The van der Waals surface area contributed by atoms with Crippen LogP contribution in [0.3, 0.4) is 0 Å². The molecule has 0 aliphatic rings. The lowest BCUT2D eigenvalue weighted by Crippen LogP contribution is -2.22. The van der Waals surface area contributed by atoms with E-state index in [-0.39, 0.29) is 17.5 Å². The summed E-state index contributed by atoms with van der Waals surface area (Å²) in [4.78, 5) is 33.9. The average Bonchev–Trinajstić information content (AvgIpc) is 2.57. The lowest BCUT2D eigenvalue weighted by atomic mass is 10.2. The first-order valence-electron chi connectivity index (χ1n) is 7.55. The zero-order chi connectivity index (χ0) is 19.3. The van der Waals surface area contributed by atoms with Crippen LogP contribution in [0.1, 0.15) is 13.8 Å². The van der Waals surface area contributed by atoms with Crippen LogP contribution in [0.4, 0.5) is 21.5 Å². The number of anilines is 2. The topological polar surface area (TPSA) is 101 Å². The van der Waals surface area contributed by atoms with E-state index in [9.17, 15) is 24.1 Å². The minimum Gasteiger partial charge on any atom is -0.326 e. The Kier molecular flexibility index (Phi) is 6.29. The minimum atomic E-state index is -0.963. The van der Waals surface area contributed by atoms with E-state index in [1.54, 1.807) is 31.2 Å². The van der Waals surface area contributed by atoms with Crippen molar-refractivity contribution >= 4 is 40.6 Å². The minimum absolute atomic E-state index is 0.150. The molecule has 0 heterocycles. The van der Waals surface area contributed by atoms with Gasteiger partial charge in [-0.3, -0.25) is 19.7 Å². The van der Waals surface area contributed by atoms with Gasteiger partial charge >= 0.3 is 5.69 Å². The van der Waals surface area contributed by atoms with Gasteiger partial charge in [0.1, 0.15) is 0 Å². The fraction of sp³-hybridized carbons (Fsp3) is 0.176. The summed E-state index contributed by atoms with van der Waals surface area (Å²) >= 11 is 1.28. The molecular weight excluding hydrogens is 361 g/mol. The molecule has 0 saturated heterocycles. The molecule has 0 saturated carbocycles. The van der Waals surface area contributed by atoms with Crippen LogP contribution in [0.5, 0.6) is 0 Å². The van der Waals surface area contributed by atoms with Gasteiger partial charge in [-0.05, 0) is 43.3 Å². The molecule has 0 aliphatic carbocycles. The van der Waals surface area contributed by atoms with Crippen molar-refractivity contribution in [3.8, 4) is 0 Å². The third kappa shape index (κ3) is 5.28. The number of hydrogen-bond donors (Lipinski definition) is 2. The summed E-state index contributed by atoms with van der Waals surface area (Å²) in [5.41, 5.74) is 0.103. The van der Waals surface area contributed by atoms with E-state index < -0.39 is 21.7 Å². The van der Waals surface area contributed by atoms with E-state index in [0.29, 0.717) is 5.69 Å². The normalized spacial score (nSPS) is 11.5. The van der Waals surface area contributed by atoms with Crippen LogP contribution in [-0.4, -0.2) is 22.0 Å². The number of amides is 2. The molecule has 2 N–H and O–H groups in total. The smallest absolute Gasteiger partial charge is 0.306 e. The molecule has 26 heavy (non-hydrogen) atoms. The van der Waals surface area contributed by atoms with E-state index in [0.717, 1.165) is 17.0 Å². The molecule has 2 rings (SSSR count). The van der Waals surface area contributed by atoms with Crippen LogP contribution in [-0.2, 0) is 9.59 Å². The maximum atomic E-state index is 13.3. The lowest BCUT2D eigenvalue weighted by molar-refractivity contribution is -0.387. The fourth-order valence-electron chi connectivity index (χ4n) is 2.05. The highest BCUT2D eigenvalue weighted by atomic mass is 32.2. The molecule has 9 heteroatoms. The summed E-state index contributed by atoms with van der Waals surface area (Å²) in [6, 6.07) is 10.2. The third-order valence-corrected chi connectivity index (χ3v) is 4.38. The number of nitrogens with zero attached hydrogens (tertiary/aromatic N) is 1. The molecule has 0 spiro atoms. The summed E-state index contributed by atoms with van der Waals surface area (Å²) in [7, 11) is 0. The molecule has 0 bridgehead atoms. The van der Waals surface area contributed by atoms with Gasteiger partial charge in [-0.15, -0.1) is 11.8 Å². The highest BCUT2D eigenvalue weighted by Gasteiger charge is 2.18. The van der Waals surface area contributed by atoms with Crippen LogP contribution in [0, 0.1) is 15.9 Å². The number of nitro benzene ring substituents is 1. The Hall–Kier alpha value is -2.94. The van der Waals surface area contributed by atoms with Crippen molar-refractivity contribution in [2.24, 2.45) is 0 Å². The zero-order valence-electron chi connectivity index (χ0n) is 14.0. The van der Waals surface area contributed by atoms with Crippen LogP contribution in [0.2, 0.25) is 0 Å². The van der Waals surface area contributed by atoms with Gasteiger partial charge in [-0.1, -0.05) is 0 Å². The number of rotatable bonds is 6. The number of nitrogens with one attached hydrogen (secondary N) is 2. The summed E-state index contributed by atoms with van der Waals surface area (Å²) in [5.74, 6) is -1.51. The number of nitro groups is 1. The first kappa shape index (κ1) is 19.4. The predicted molar refractivity (Wildman–Crippen MR) is 97.7 cm³/mol. The second-order valence-corrected chi connectivity index (χ2v) is 6.79. The number of thioether (sulfide) groups is 1. The molecule has 0 unspecified atom stereocenters. The first-order chi connectivity index (χ1) is 12.3. The van der Waals surface area contributed by atoms with Gasteiger partial charge in [0.15, 0.2) is 0 Å². The summed E-state index contributed by atoms with van der Waals surface area (Å²) in [6.07, 6.45) is 0. The van der Waals surface area contributed by atoms with Crippen molar-refractivity contribution in [1.29, 1.82) is 0 Å². The fourth-order valence-corrected chi connectivity index (χ4v) is 2.92. The van der Waals surface area contributed by atoms with Crippen molar-refractivity contribution < 1.29 is 18.9 Å². The van der Waals surface area contributed by atoms with E-state index in [4.69, 9.17) is 0 Å². The van der Waals surface area contributed by atoms with Crippen molar-refractivity contribution in [1.82, 2.24) is 0 Å². The maximum absolute atomic E-state index is 13.3. The van der Waals surface area contributed by atoms with Gasteiger partial charge in [-0.25, -0.2) is 0 Å². The Labute approximate surface area is 153 Å². The second kappa shape index (κ2) is 8.43. The molecule has 0 aromatic heterocycles. The Morgan fingerprint density at radius 1 is 1.12 bits per heavy atom. The molecular formula is C17H16FN3O4S. The molecule has 7 nitrogen and oxygen atoms in total. The summed E-state index contributed by atoms with van der Waals surface area (Å²) in [6.45, 7) is 3.09. The molecule has 1 atom stereocenters. The SMILES string of the molecule is CC(=O)Nc1ccc(S[C@@H](C)C(=O)Nc2ccc(F)c([N+](=O)[O-])c2)cc1. The van der Waals surface area contributed by atoms with E-state index in [1.807, 2.05) is 0 Å². The molecule has 0 radical (unpaired) electrons. The number of carbonyl (C=O) groups is 2. The summed E-state index contributed by atoms with van der Waals surface area (Å²) < 4.78 is 13.3. The number of hydrogen-bond acceptors (Lipinski definition) is 5. The van der Waals surface area contributed by atoms with E-state index in [2.05, 4.69) is 10.6 Å². The van der Waals surface area contributed by atoms with Crippen molar-refractivity contribution in [3.05, 3.63) is 58.4 Å². The average molecular weight is 377 g/mol. The van der Waals surface area contributed by atoms with Gasteiger partial charge in [0.2, 0.25) is 17.6 Å². The van der Waals surface area contributed by atoms with Gasteiger partial charge in [0.05, 0.1) is 10.2 Å². The van der Waals surface area contributed by atoms with Gasteiger partial charge in [0, 0.05) is 29.3 Å². The second-order valence-electron chi connectivity index (χ2n) is 5.38. The maximum Gasteiger partial charge on any atom is 0.306 e. The standard InChI is InChI=1S/C17H16FN3O4S/c1-10(26-14-6-3-12(4-7-14)19-11(2)22)17(23)20-13-5-8-15(18)16(9-13)21(24)25/h3-10H,1-2H3,(H,19,22)(H,20,23)/t10-/m0/s1. The monoisotopic (exact) mass is 377 g/mol. The number of carbonyl (C=O) groups excluding carboxylic acids is 2. The summed E-state index contributed by atoms with van der Waals surface area (Å²) in [5, 5.41) is 15.4. The van der Waals surface area contributed by atoms with Crippen molar-refractivity contribution in [2.45, 2.75) is 24.0 Å². The highest BCUT2D eigenvalue weighted by Crippen LogP contribution is 2.27. The van der Waals surface area contributed by atoms with Gasteiger partial charge in [-0.2, -0.15) is 4.39 Å². The molecule has 2 amide bonds. The molecule has 136 valence electrons. The Bertz CT molecular complexity index is 842. The highest BCUT2D eigenvalue weighted by molar-refractivity contribution is 8.00. The van der Waals surface area contributed by atoms with E-state index >= 15 is 0 Å². The largest absolute Gasteiger partial charge is 0.326 e. The Balaban J connectivity index is 2.00. The molecule has 0 fully saturated rings. The third-order valence-electron chi connectivity index (χ3n) is 3.27. The van der Waals surface area contributed by atoms with Crippen molar-refractivity contribution in [2.75, 3.05) is 10.6 Å². The number of benzene rings is 2. The van der Waals surface area contributed by atoms with Crippen molar-refractivity contribution in [3.63, 3.8) is 0 Å². The quantitative estimate of drug-likeness (QED) is 0.453. The molecule has 2 aromatic rings. The van der Waals surface area contributed by atoms with Crippen LogP contribution >= 0.6 is 11.8 Å².